The number of alkyl halides is 3. The highest BCUT2D eigenvalue weighted by Gasteiger charge is 2.45. The molecule has 0 spiro atoms. The summed E-state index contributed by atoms with van der Waals surface area (Å²) >= 11 is 0. The number of benzene rings is 2. The maximum absolute atomic E-state index is 12.3. The standard InChI is InChI=1S/C25H22F3N5O4S/c26-25(27,28)38(35,36)31-11-1-13-37-19-8-6-17(7-9-19)16-2-4-18(5-3-16)23-14-20(24(34)33-29)21-15-30-12-10-22(21)32-23/h2-10,12,14-15,31H,1,11,13,29H2,(H,33,34). The molecule has 4 N–H and O–H groups in total. The fourth-order valence-electron chi connectivity index (χ4n) is 3.61. The Morgan fingerprint density at radius 2 is 1.61 bits per heavy atom. The number of nitrogens with two attached hydrogens (primary N) is 1. The molecule has 2 aromatic carbocycles. The molecule has 1 amide bonds. The second-order valence-corrected chi connectivity index (χ2v) is 9.83. The lowest BCUT2D eigenvalue weighted by Crippen LogP contribution is -2.37. The second kappa shape index (κ2) is 11.1. The van der Waals surface area contributed by atoms with Crippen molar-refractivity contribution in [1.82, 2.24) is 20.1 Å². The van der Waals surface area contributed by atoms with E-state index in [0.717, 1.165) is 16.7 Å². The van der Waals surface area contributed by atoms with Gasteiger partial charge in [-0.05, 0) is 41.8 Å². The Morgan fingerprint density at radius 3 is 2.24 bits per heavy atom. The van der Waals surface area contributed by atoms with Gasteiger partial charge in [-0.15, -0.1) is 0 Å². The molecule has 0 atom stereocenters. The predicted molar refractivity (Wildman–Crippen MR) is 135 cm³/mol. The molecule has 0 bridgehead atoms. The van der Waals surface area contributed by atoms with E-state index in [1.807, 2.05) is 36.4 Å². The third-order valence-corrected chi connectivity index (χ3v) is 6.73. The summed E-state index contributed by atoms with van der Waals surface area (Å²) in [6, 6.07) is 18.0. The molecule has 2 aromatic heterocycles. The van der Waals surface area contributed by atoms with E-state index < -0.39 is 28.0 Å². The first kappa shape index (κ1) is 27.0. The van der Waals surface area contributed by atoms with Gasteiger partial charge in [0.2, 0.25) is 0 Å². The highest BCUT2D eigenvalue weighted by atomic mass is 32.2. The highest BCUT2D eigenvalue weighted by molar-refractivity contribution is 7.90. The molecular formula is C25H22F3N5O4S. The Morgan fingerprint density at radius 1 is 0.974 bits per heavy atom. The summed E-state index contributed by atoms with van der Waals surface area (Å²) < 4.78 is 65.8. The number of carbonyl (C=O) groups is 1. The van der Waals surface area contributed by atoms with Crippen molar-refractivity contribution < 1.29 is 31.1 Å². The first-order chi connectivity index (χ1) is 18.1. The number of hydrazine groups is 1. The van der Waals surface area contributed by atoms with Gasteiger partial charge in [-0.25, -0.2) is 24.0 Å². The minimum absolute atomic E-state index is 0.0351. The van der Waals surface area contributed by atoms with Gasteiger partial charge in [0.1, 0.15) is 5.75 Å². The molecule has 198 valence electrons. The fraction of sp³-hybridized carbons (Fsp3) is 0.160. The molecule has 4 rings (SSSR count). The first-order valence-corrected chi connectivity index (χ1v) is 12.7. The molecule has 4 aromatic rings. The highest BCUT2D eigenvalue weighted by Crippen LogP contribution is 2.28. The smallest absolute Gasteiger partial charge is 0.494 e. The maximum atomic E-state index is 12.3. The number of fused-ring (bicyclic) bond motifs is 1. The number of carbonyl (C=O) groups excluding carboxylic acids is 1. The topological polar surface area (TPSA) is 136 Å². The first-order valence-electron chi connectivity index (χ1n) is 11.2. The Hall–Kier alpha value is -4.07. The summed E-state index contributed by atoms with van der Waals surface area (Å²) in [5.41, 5.74) is 0.955. The molecule has 2 heterocycles. The predicted octanol–water partition coefficient (Wildman–Crippen LogP) is 3.78. The van der Waals surface area contributed by atoms with Gasteiger partial charge < -0.3 is 4.74 Å². The Balaban J connectivity index is 1.40. The van der Waals surface area contributed by atoms with Crippen LogP contribution in [-0.4, -0.2) is 43.0 Å². The summed E-state index contributed by atoms with van der Waals surface area (Å²) in [4.78, 5) is 21.0. The Labute approximate surface area is 215 Å². The van der Waals surface area contributed by atoms with Crippen molar-refractivity contribution in [3.8, 4) is 28.1 Å². The number of nitrogen functional groups attached to an aromatic ring is 1. The van der Waals surface area contributed by atoms with Gasteiger partial charge in [0.05, 0.1) is 23.4 Å². The molecule has 0 aliphatic rings. The van der Waals surface area contributed by atoms with Gasteiger partial charge >= 0.3 is 15.5 Å². The van der Waals surface area contributed by atoms with Crippen LogP contribution in [0.4, 0.5) is 13.2 Å². The Bertz CT molecular complexity index is 1540. The van der Waals surface area contributed by atoms with E-state index in [4.69, 9.17) is 10.6 Å². The van der Waals surface area contributed by atoms with Gasteiger partial charge in [0.15, 0.2) is 0 Å². The van der Waals surface area contributed by atoms with Gasteiger partial charge in [-0.1, -0.05) is 36.4 Å². The van der Waals surface area contributed by atoms with Crippen LogP contribution in [0.5, 0.6) is 5.75 Å². The van der Waals surface area contributed by atoms with E-state index in [1.54, 1.807) is 36.7 Å². The lowest BCUT2D eigenvalue weighted by Gasteiger charge is -2.11. The number of nitrogens with zero attached hydrogens (tertiary/aromatic N) is 2. The SMILES string of the molecule is NNC(=O)c1cc(-c2ccc(-c3ccc(OCCCNS(=O)(=O)C(F)(F)F)cc3)cc2)nc2ccncc12. The summed E-state index contributed by atoms with van der Waals surface area (Å²) in [6.07, 6.45) is 3.21. The zero-order chi connectivity index (χ0) is 27.3. The number of aromatic nitrogens is 2. The Kier molecular flexibility index (Phi) is 7.90. The molecular weight excluding hydrogens is 523 g/mol. The van der Waals surface area contributed by atoms with Crippen LogP contribution < -0.4 is 20.7 Å². The summed E-state index contributed by atoms with van der Waals surface area (Å²) in [7, 11) is -5.35. The molecule has 0 radical (unpaired) electrons. The van der Waals surface area contributed by atoms with E-state index >= 15 is 0 Å². The number of ether oxygens (including phenoxy) is 1. The monoisotopic (exact) mass is 545 g/mol. The number of nitrogens with one attached hydrogen (secondary N) is 2. The molecule has 0 saturated carbocycles. The van der Waals surface area contributed by atoms with E-state index in [2.05, 4.69) is 15.4 Å². The lowest BCUT2D eigenvalue weighted by molar-refractivity contribution is -0.0447. The number of hydrogen-bond acceptors (Lipinski definition) is 7. The van der Waals surface area contributed by atoms with Crippen LogP contribution in [-0.2, 0) is 10.0 Å². The van der Waals surface area contributed by atoms with E-state index in [9.17, 15) is 26.4 Å². The maximum Gasteiger partial charge on any atom is 0.511 e. The van der Waals surface area contributed by atoms with Crippen molar-refractivity contribution in [3.05, 3.63) is 78.6 Å². The van der Waals surface area contributed by atoms with Crippen molar-refractivity contribution in [2.24, 2.45) is 5.84 Å². The molecule has 0 unspecified atom stereocenters. The molecule has 9 nitrogen and oxygen atoms in total. The quantitative estimate of drug-likeness (QED) is 0.126. The number of halogens is 3. The second-order valence-electron chi connectivity index (χ2n) is 8.07. The number of pyridine rings is 2. The third kappa shape index (κ3) is 6.07. The average Bonchev–Trinajstić information content (AvgIpc) is 2.91. The van der Waals surface area contributed by atoms with Crippen molar-refractivity contribution >= 4 is 26.8 Å². The summed E-state index contributed by atoms with van der Waals surface area (Å²) in [5, 5.41) is 0.584. The molecule has 0 aliphatic heterocycles. The molecule has 0 fully saturated rings. The van der Waals surface area contributed by atoms with Crippen LogP contribution in [0.25, 0.3) is 33.3 Å². The van der Waals surface area contributed by atoms with Crippen LogP contribution >= 0.6 is 0 Å². The molecule has 0 saturated heterocycles. The summed E-state index contributed by atoms with van der Waals surface area (Å²) in [5.74, 6) is 5.38. The van der Waals surface area contributed by atoms with Gasteiger partial charge in [-0.3, -0.25) is 15.2 Å². The summed E-state index contributed by atoms with van der Waals surface area (Å²) in [6.45, 7) is -0.360. The largest absolute Gasteiger partial charge is 0.511 e. The lowest BCUT2D eigenvalue weighted by atomic mass is 10.0. The normalized spacial score (nSPS) is 11.9. The van der Waals surface area contributed by atoms with Gasteiger partial charge in [0, 0.05) is 29.9 Å². The van der Waals surface area contributed by atoms with E-state index in [1.165, 1.54) is 4.72 Å². The van der Waals surface area contributed by atoms with Gasteiger partial charge in [0.25, 0.3) is 5.91 Å². The number of hydrogen-bond donors (Lipinski definition) is 3. The molecule has 38 heavy (non-hydrogen) atoms. The zero-order valence-corrected chi connectivity index (χ0v) is 20.5. The van der Waals surface area contributed by atoms with Crippen LogP contribution in [0, 0.1) is 0 Å². The van der Waals surface area contributed by atoms with Crippen LogP contribution in [0.15, 0.2) is 73.1 Å². The fourth-order valence-corrected chi connectivity index (χ4v) is 4.19. The minimum Gasteiger partial charge on any atom is -0.494 e. The van der Waals surface area contributed by atoms with Crippen LogP contribution in [0.1, 0.15) is 16.8 Å². The van der Waals surface area contributed by atoms with Crippen LogP contribution in [0.3, 0.4) is 0 Å². The molecule has 13 heteroatoms. The average molecular weight is 546 g/mol. The van der Waals surface area contributed by atoms with Gasteiger partial charge in [-0.2, -0.15) is 13.2 Å². The minimum atomic E-state index is -5.35. The van der Waals surface area contributed by atoms with Crippen molar-refractivity contribution in [2.45, 2.75) is 11.9 Å². The van der Waals surface area contributed by atoms with Crippen molar-refractivity contribution in [1.29, 1.82) is 0 Å². The van der Waals surface area contributed by atoms with Crippen molar-refractivity contribution in [3.63, 3.8) is 0 Å². The third-order valence-electron chi connectivity index (χ3n) is 5.54. The van der Waals surface area contributed by atoms with E-state index in [0.29, 0.717) is 27.9 Å². The number of rotatable bonds is 9. The zero-order valence-electron chi connectivity index (χ0n) is 19.7. The number of sulfonamides is 1. The number of amides is 1. The molecule has 0 aliphatic carbocycles. The van der Waals surface area contributed by atoms with E-state index in [-0.39, 0.29) is 13.0 Å². The van der Waals surface area contributed by atoms with Crippen molar-refractivity contribution in [2.75, 3.05) is 13.2 Å². The van der Waals surface area contributed by atoms with Crippen LogP contribution in [0.2, 0.25) is 0 Å².